The molecule has 0 spiro atoms. The summed E-state index contributed by atoms with van der Waals surface area (Å²) in [5.74, 6) is 1.10. The third-order valence-electron chi connectivity index (χ3n) is 2.80. The minimum Gasteiger partial charge on any atom is -0.381 e. The van der Waals surface area contributed by atoms with Crippen molar-refractivity contribution in [3.63, 3.8) is 0 Å². The fraction of sp³-hybridized carbons (Fsp3) is 0.600. The Kier molecular flexibility index (Phi) is 6.13. The molecule has 0 unspecified atom stereocenters. The molecule has 0 saturated heterocycles. The standard InChI is InChI=1S/C15H23BrFN/c1-10(2)7-13(8-11(3)4)18-15-6-5-12(17)9-14(15)16/h5-6,9-11,13,18H,7-8H2,1-4H3. The van der Waals surface area contributed by atoms with Gasteiger partial charge in [-0.1, -0.05) is 27.7 Å². The molecule has 1 N–H and O–H groups in total. The summed E-state index contributed by atoms with van der Waals surface area (Å²) in [6.45, 7) is 8.92. The van der Waals surface area contributed by atoms with Gasteiger partial charge in [-0.15, -0.1) is 0 Å². The molecule has 102 valence electrons. The monoisotopic (exact) mass is 315 g/mol. The maximum absolute atomic E-state index is 13.0. The SMILES string of the molecule is CC(C)CC(CC(C)C)Nc1ccc(F)cc1Br. The highest BCUT2D eigenvalue weighted by atomic mass is 79.9. The van der Waals surface area contributed by atoms with Gasteiger partial charge in [0.1, 0.15) is 5.82 Å². The van der Waals surface area contributed by atoms with Crippen LogP contribution in [0.2, 0.25) is 0 Å². The Bertz CT molecular complexity index is 367. The van der Waals surface area contributed by atoms with E-state index in [2.05, 4.69) is 48.9 Å². The second-order valence-corrected chi connectivity index (χ2v) is 6.58. The fourth-order valence-electron chi connectivity index (χ4n) is 2.18. The van der Waals surface area contributed by atoms with E-state index in [-0.39, 0.29) is 5.82 Å². The second kappa shape index (κ2) is 7.13. The summed E-state index contributed by atoms with van der Waals surface area (Å²) in [5, 5.41) is 3.52. The maximum atomic E-state index is 13.0. The summed E-state index contributed by atoms with van der Waals surface area (Å²) < 4.78 is 13.8. The molecule has 3 heteroatoms. The highest BCUT2D eigenvalue weighted by Gasteiger charge is 2.14. The Labute approximate surface area is 118 Å². The van der Waals surface area contributed by atoms with Gasteiger partial charge < -0.3 is 5.32 Å². The predicted molar refractivity (Wildman–Crippen MR) is 80.4 cm³/mol. The minimum absolute atomic E-state index is 0.211. The van der Waals surface area contributed by atoms with Gasteiger partial charge in [0.15, 0.2) is 0 Å². The van der Waals surface area contributed by atoms with Crippen LogP contribution in [0, 0.1) is 17.7 Å². The van der Waals surface area contributed by atoms with E-state index in [1.807, 2.05) is 0 Å². The normalized spacial score (nSPS) is 11.6. The number of hydrogen-bond acceptors (Lipinski definition) is 1. The van der Waals surface area contributed by atoms with E-state index < -0.39 is 0 Å². The third-order valence-corrected chi connectivity index (χ3v) is 3.46. The Balaban J connectivity index is 2.75. The fourth-order valence-corrected chi connectivity index (χ4v) is 2.64. The first-order valence-electron chi connectivity index (χ1n) is 6.60. The molecule has 1 nitrogen and oxygen atoms in total. The van der Waals surface area contributed by atoms with E-state index in [1.54, 1.807) is 6.07 Å². The average molecular weight is 316 g/mol. The molecule has 0 bridgehead atoms. The third kappa shape index (κ3) is 5.38. The number of anilines is 1. The number of halogens is 2. The maximum Gasteiger partial charge on any atom is 0.124 e. The molecule has 0 heterocycles. The van der Waals surface area contributed by atoms with E-state index in [0.717, 1.165) is 23.0 Å². The molecule has 0 atom stereocenters. The van der Waals surface area contributed by atoms with Crippen molar-refractivity contribution in [1.29, 1.82) is 0 Å². The van der Waals surface area contributed by atoms with Crippen LogP contribution in [0.25, 0.3) is 0 Å². The molecule has 0 amide bonds. The summed E-state index contributed by atoms with van der Waals surface area (Å²) in [6, 6.07) is 5.23. The first kappa shape index (κ1) is 15.5. The van der Waals surface area contributed by atoms with Crippen LogP contribution in [0.5, 0.6) is 0 Å². The van der Waals surface area contributed by atoms with Crippen LogP contribution in [0.15, 0.2) is 22.7 Å². The Morgan fingerprint density at radius 2 is 1.67 bits per heavy atom. The largest absolute Gasteiger partial charge is 0.381 e. The van der Waals surface area contributed by atoms with E-state index in [9.17, 15) is 4.39 Å². The van der Waals surface area contributed by atoms with Crippen molar-refractivity contribution in [3.05, 3.63) is 28.5 Å². The van der Waals surface area contributed by atoms with E-state index in [0.29, 0.717) is 17.9 Å². The van der Waals surface area contributed by atoms with Crippen molar-refractivity contribution in [2.75, 3.05) is 5.32 Å². The molecule has 0 aliphatic rings. The van der Waals surface area contributed by atoms with Gasteiger partial charge in [-0.3, -0.25) is 0 Å². The summed E-state index contributed by atoms with van der Waals surface area (Å²) in [7, 11) is 0. The zero-order valence-electron chi connectivity index (χ0n) is 11.6. The van der Waals surface area contributed by atoms with Crippen molar-refractivity contribution in [2.24, 2.45) is 11.8 Å². The minimum atomic E-state index is -0.211. The Morgan fingerprint density at radius 1 is 1.11 bits per heavy atom. The summed E-state index contributed by atoms with van der Waals surface area (Å²) in [4.78, 5) is 0. The molecule has 1 aromatic carbocycles. The summed E-state index contributed by atoms with van der Waals surface area (Å²) in [5.41, 5.74) is 0.975. The van der Waals surface area contributed by atoms with E-state index in [4.69, 9.17) is 0 Å². The highest BCUT2D eigenvalue weighted by molar-refractivity contribution is 9.10. The predicted octanol–water partition coefficient (Wildman–Crippen LogP) is 5.46. The van der Waals surface area contributed by atoms with Crippen molar-refractivity contribution in [1.82, 2.24) is 0 Å². The molecule has 0 aromatic heterocycles. The van der Waals surface area contributed by atoms with E-state index >= 15 is 0 Å². The van der Waals surface area contributed by atoms with E-state index in [1.165, 1.54) is 12.1 Å². The first-order chi connectivity index (χ1) is 8.38. The molecular formula is C15H23BrFN. The van der Waals surface area contributed by atoms with Crippen LogP contribution in [0.4, 0.5) is 10.1 Å². The molecular weight excluding hydrogens is 293 g/mol. The molecule has 18 heavy (non-hydrogen) atoms. The highest BCUT2D eigenvalue weighted by Crippen LogP contribution is 2.26. The van der Waals surface area contributed by atoms with Crippen LogP contribution in [-0.2, 0) is 0 Å². The summed E-state index contributed by atoms with van der Waals surface area (Å²) in [6.07, 6.45) is 2.25. The lowest BCUT2D eigenvalue weighted by atomic mass is 9.95. The van der Waals surface area contributed by atoms with Crippen molar-refractivity contribution in [2.45, 2.75) is 46.6 Å². The molecule has 0 aliphatic heterocycles. The Hall–Kier alpha value is -0.570. The van der Waals surface area contributed by atoms with Gasteiger partial charge in [0, 0.05) is 16.2 Å². The van der Waals surface area contributed by atoms with Crippen LogP contribution in [0.3, 0.4) is 0 Å². The molecule has 1 aromatic rings. The van der Waals surface area contributed by atoms with Crippen LogP contribution >= 0.6 is 15.9 Å². The topological polar surface area (TPSA) is 12.0 Å². The lowest BCUT2D eigenvalue weighted by molar-refractivity contribution is 0.442. The molecule has 0 aliphatic carbocycles. The molecule has 0 radical (unpaired) electrons. The van der Waals surface area contributed by atoms with Gasteiger partial charge in [0.2, 0.25) is 0 Å². The number of nitrogens with one attached hydrogen (secondary N) is 1. The zero-order valence-corrected chi connectivity index (χ0v) is 13.2. The zero-order chi connectivity index (χ0) is 13.7. The molecule has 1 rings (SSSR count). The van der Waals surface area contributed by atoms with Gasteiger partial charge in [-0.25, -0.2) is 4.39 Å². The van der Waals surface area contributed by atoms with Crippen molar-refractivity contribution < 1.29 is 4.39 Å². The average Bonchev–Trinajstić information content (AvgIpc) is 2.20. The van der Waals surface area contributed by atoms with Gasteiger partial charge >= 0.3 is 0 Å². The smallest absolute Gasteiger partial charge is 0.124 e. The first-order valence-corrected chi connectivity index (χ1v) is 7.39. The number of hydrogen-bond donors (Lipinski definition) is 1. The quantitative estimate of drug-likeness (QED) is 0.734. The molecule has 0 saturated carbocycles. The van der Waals surface area contributed by atoms with Gasteiger partial charge in [0.25, 0.3) is 0 Å². The number of rotatable bonds is 6. The van der Waals surface area contributed by atoms with Gasteiger partial charge in [-0.05, 0) is 58.8 Å². The summed E-state index contributed by atoms with van der Waals surface area (Å²) >= 11 is 3.41. The van der Waals surface area contributed by atoms with Crippen LogP contribution in [-0.4, -0.2) is 6.04 Å². The lowest BCUT2D eigenvalue weighted by Gasteiger charge is -2.24. The van der Waals surface area contributed by atoms with Gasteiger partial charge in [-0.2, -0.15) is 0 Å². The number of benzene rings is 1. The second-order valence-electron chi connectivity index (χ2n) is 5.72. The molecule has 0 fully saturated rings. The Morgan fingerprint density at radius 3 is 2.11 bits per heavy atom. The van der Waals surface area contributed by atoms with Crippen molar-refractivity contribution in [3.8, 4) is 0 Å². The van der Waals surface area contributed by atoms with Crippen LogP contribution < -0.4 is 5.32 Å². The van der Waals surface area contributed by atoms with Crippen molar-refractivity contribution >= 4 is 21.6 Å². The van der Waals surface area contributed by atoms with Gasteiger partial charge in [0.05, 0.1) is 0 Å². The lowest BCUT2D eigenvalue weighted by Crippen LogP contribution is -2.23. The van der Waals surface area contributed by atoms with Crippen LogP contribution in [0.1, 0.15) is 40.5 Å².